The molecule has 7 nitrogen and oxygen atoms in total. The van der Waals surface area contributed by atoms with E-state index >= 15 is 0 Å². The van der Waals surface area contributed by atoms with Gasteiger partial charge in [0.15, 0.2) is 0 Å². The first kappa shape index (κ1) is 20.5. The molecule has 1 aromatic carbocycles. The molecule has 1 saturated heterocycles. The van der Waals surface area contributed by atoms with Gasteiger partial charge in [-0.15, -0.1) is 0 Å². The fraction of sp³-hybridized carbons (Fsp3) is 0.500. The molecule has 0 bridgehead atoms. The second-order valence-electron chi connectivity index (χ2n) is 7.33. The van der Waals surface area contributed by atoms with Crippen LogP contribution in [-0.2, 0) is 17.8 Å². The van der Waals surface area contributed by atoms with Gasteiger partial charge < -0.3 is 19.3 Å². The molecule has 162 valence electrons. The molecule has 1 atom stereocenters. The lowest BCUT2D eigenvalue weighted by atomic mass is 10.1. The standard InChI is InChI=1S/C20H23F3N4O3/c1-29-15-4-2-3-14(11-15)13-27-16(20(21,22)23)5-6-26-18(28)12-17(24-19(26)27)25-7-9-30-10-8-25/h2-4,11-12,16H,5-10,13H2,1H3. The normalized spacial score (nSPS) is 19.5. The highest BCUT2D eigenvalue weighted by Gasteiger charge is 2.47. The molecule has 0 N–H and O–H groups in total. The Bertz CT molecular complexity index is 957. The third kappa shape index (κ3) is 4.09. The second kappa shape index (κ2) is 8.17. The van der Waals surface area contributed by atoms with Gasteiger partial charge in [-0.05, 0) is 24.1 Å². The van der Waals surface area contributed by atoms with Gasteiger partial charge in [-0.1, -0.05) is 12.1 Å². The molecule has 0 spiro atoms. The Morgan fingerprint density at radius 1 is 1.20 bits per heavy atom. The summed E-state index contributed by atoms with van der Waals surface area (Å²) in [4.78, 5) is 20.3. The van der Waals surface area contributed by atoms with Gasteiger partial charge in [0.05, 0.1) is 20.3 Å². The fourth-order valence-corrected chi connectivity index (χ4v) is 3.90. The van der Waals surface area contributed by atoms with Gasteiger partial charge in [-0.2, -0.15) is 18.2 Å². The minimum Gasteiger partial charge on any atom is -0.497 e. The number of hydrogen-bond donors (Lipinski definition) is 0. The number of fused-ring (bicyclic) bond motifs is 1. The molecule has 0 radical (unpaired) electrons. The summed E-state index contributed by atoms with van der Waals surface area (Å²) in [6.45, 7) is 1.98. The van der Waals surface area contributed by atoms with Crippen molar-refractivity contribution in [1.29, 1.82) is 0 Å². The molecule has 2 aromatic rings. The summed E-state index contributed by atoms with van der Waals surface area (Å²) >= 11 is 0. The van der Waals surface area contributed by atoms with Crippen molar-refractivity contribution in [3.63, 3.8) is 0 Å². The molecule has 3 heterocycles. The topological polar surface area (TPSA) is 59.8 Å². The monoisotopic (exact) mass is 424 g/mol. The number of rotatable bonds is 4. The van der Waals surface area contributed by atoms with Crippen molar-refractivity contribution < 1.29 is 22.6 Å². The average molecular weight is 424 g/mol. The number of anilines is 2. The van der Waals surface area contributed by atoms with Crippen LogP contribution in [-0.4, -0.2) is 55.2 Å². The van der Waals surface area contributed by atoms with Crippen molar-refractivity contribution in [1.82, 2.24) is 9.55 Å². The van der Waals surface area contributed by atoms with Crippen LogP contribution in [0.25, 0.3) is 0 Å². The quantitative estimate of drug-likeness (QED) is 0.752. The molecule has 10 heteroatoms. The van der Waals surface area contributed by atoms with Crippen LogP contribution < -0.4 is 20.1 Å². The highest BCUT2D eigenvalue weighted by atomic mass is 19.4. The van der Waals surface area contributed by atoms with E-state index in [1.54, 1.807) is 24.3 Å². The van der Waals surface area contributed by atoms with E-state index < -0.39 is 12.2 Å². The molecule has 1 fully saturated rings. The van der Waals surface area contributed by atoms with Crippen LogP contribution in [0.2, 0.25) is 0 Å². The predicted molar refractivity (Wildman–Crippen MR) is 105 cm³/mol. The Kier molecular flexibility index (Phi) is 5.59. The Balaban J connectivity index is 1.76. The number of methoxy groups -OCH3 is 1. The molecule has 1 aromatic heterocycles. The van der Waals surface area contributed by atoms with E-state index in [-0.39, 0.29) is 31.0 Å². The van der Waals surface area contributed by atoms with Gasteiger partial charge in [0, 0.05) is 32.2 Å². The van der Waals surface area contributed by atoms with Crippen LogP contribution in [0.15, 0.2) is 35.1 Å². The zero-order valence-corrected chi connectivity index (χ0v) is 16.6. The zero-order chi connectivity index (χ0) is 21.3. The smallest absolute Gasteiger partial charge is 0.408 e. The highest BCUT2D eigenvalue weighted by Crippen LogP contribution is 2.35. The van der Waals surface area contributed by atoms with Gasteiger partial charge >= 0.3 is 6.18 Å². The van der Waals surface area contributed by atoms with E-state index in [1.807, 2.05) is 4.90 Å². The molecule has 30 heavy (non-hydrogen) atoms. The van der Waals surface area contributed by atoms with Crippen molar-refractivity contribution in [2.45, 2.75) is 31.7 Å². The Morgan fingerprint density at radius 2 is 1.97 bits per heavy atom. The third-order valence-electron chi connectivity index (χ3n) is 5.43. The minimum absolute atomic E-state index is 0.0245. The predicted octanol–water partition coefficient (Wildman–Crippen LogP) is 2.43. The lowest BCUT2D eigenvalue weighted by molar-refractivity contribution is -0.153. The first-order valence-corrected chi connectivity index (χ1v) is 9.77. The number of morpholine rings is 1. The maximum absolute atomic E-state index is 13.9. The summed E-state index contributed by atoms with van der Waals surface area (Å²) in [5, 5.41) is 0. The zero-order valence-electron chi connectivity index (χ0n) is 16.6. The van der Waals surface area contributed by atoms with Crippen molar-refractivity contribution in [3.8, 4) is 5.75 Å². The number of ether oxygens (including phenoxy) is 2. The maximum atomic E-state index is 13.9. The summed E-state index contributed by atoms with van der Waals surface area (Å²) in [7, 11) is 1.50. The molecule has 0 amide bonds. The SMILES string of the molecule is COc1cccc(CN2c3nc(N4CCOCC4)cc(=O)n3CCC2C(F)(F)F)c1. The molecular weight excluding hydrogens is 401 g/mol. The number of hydrogen-bond acceptors (Lipinski definition) is 6. The van der Waals surface area contributed by atoms with Crippen molar-refractivity contribution >= 4 is 11.8 Å². The summed E-state index contributed by atoms with van der Waals surface area (Å²) < 4.78 is 53.5. The first-order chi connectivity index (χ1) is 14.4. The molecule has 1 unspecified atom stereocenters. The fourth-order valence-electron chi connectivity index (χ4n) is 3.90. The lowest BCUT2D eigenvalue weighted by Crippen LogP contribution is -2.52. The molecule has 0 saturated carbocycles. The van der Waals surface area contributed by atoms with Gasteiger partial charge in [0.1, 0.15) is 17.6 Å². The van der Waals surface area contributed by atoms with Gasteiger partial charge in [0.2, 0.25) is 5.95 Å². The van der Waals surface area contributed by atoms with Crippen LogP contribution in [0.4, 0.5) is 24.9 Å². The molecule has 2 aliphatic rings. The molecule has 0 aliphatic carbocycles. The Labute approximate surface area is 171 Å². The largest absolute Gasteiger partial charge is 0.497 e. The highest BCUT2D eigenvalue weighted by molar-refractivity contribution is 5.47. The van der Waals surface area contributed by atoms with Gasteiger partial charge in [0.25, 0.3) is 5.56 Å². The lowest BCUT2D eigenvalue weighted by Gasteiger charge is -2.39. The van der Waals surface area contributed by atoms with E-state index in [0.29, 0.717) is 43.4 Å². The Morgan fingerprint density at radius 3 is 2.67 bits per heavy atom. The van der Waals surface area contributed by atoms with E-state index in [4.69, 9.17) is 9.47 Å². The van der Waals surface area contributed by atoms with Crippen molar-refractivity contribution in [3.05, 3.63) is 46.2 Å². The van der Waals surface area contributed by atoms with Crippen LogP contribution in [0.1, 0.15) is 12.0 Å². The van der Waals surface area contributed by atoms with E-state index in [1.165, 1.54) is 22.6 Å². The molecule has 2 aliphatic heterocycles. The van der Waals surface area contributed by atoms with Crippen LogP contribution in [0, 0.1) is 0 Å². The van der Waals surface area contributed by atoms with Crippen LogP contribution >= 0.6 is 0 Å². The number of benzene rings is 1. The number of halogens is 3. The third-order valence-corrected chi connectivity index (χ3v) is 5.43. The van der Waals surface area contributed by atoms with E-state index in [2.05, 4.69) is 4.98 Å². The summed E-state index contributed by atoms with van der Waals surface area (Å²) in [5.74, 6) is 0.980. The number of aromatic nitrogens is 2. The number of nitrogens with zero attached hydrogens (tertiary/aromatic N) is 4. The average Bonchev–Trinajstić information content (AvgIpc) is 2.74. The van der Waals surface area contributed by atoms with Crippen LogP contribution in [0.5, 0.6) is 5.75 Å². The minimum atomic E-state index is -4.45. The first-order valence-electron chi connectivity index (χ1n) is 9.77. The van der Waals surface area contributed by atoms with Crippen molar-refractivity contribution in [2.24, 2.45) is 0 Å². The number of alkyl halides is 3. The van der Waals surface area contributed by atoms with Gasteiger partial charge in [-0.3, -0.25) is 9.36 Å². The second-order valence-corrected chi connectivity index (χ2v) is 7.33. The Hall–Kier alpha value is -2.75. The summed E-state index contributed by atoms with van der Waals surface area (Å²) in [6, 6.07) is 6.55. The summed E-state index contributed by atoms with van der Waals surface area (Å²) in [6.07, 6.45) is -4.66. The van der Waals surface area contributed by atoms with E-state index in [0.717, 1.165) is 0 Å². The maximum Gasteiger partial charge on any atom is 0.408 e. The molecule has 4 rings (SSSR count). The van der Waals surface area contributed by atoms with Crippen molar-refractivity contribution in [2.75, 3.05) is 43.2 Å². The van der Waals surface area contributed by atoms with Gasteiger partial charge in [-0.25, -0.2) is 0 Å². The van der Waals surface area contributed by atoms with Crippen LogP contribution in [0.3, 0.4) is 0 Å². The van der Waals surface area contributed by atoms with E-state index in [9.17, 15) is 18.0 Å². The summed E-state index contributed by atoms with van der Waals surface area (Å²) in [5.41, 5.74) is 0.292. The molecular formula is C20H23F3N4O3.